The second-order valence-corrected chi connectivity index (χ2v) is 9.36. The highest BCUT2D eigenvalue weighted by atomic mass is 16.5. The summed E-state index contributed by atoms with van der Waals surface area (Å²) < 4.78 is 8.36. The second kappa shape index (κ2) is 9.43. The van der Waals surface area contributed by atoms with E-state index in [4.69, 9.17) is 4.74 Å². The zero-order valence-electron chi connectivity index (χ0n) is 19.9. The standard InChI is InChI=1S/C29H32N2O3/c1-20(30-15-3-4-16-30)19-34-26-12-5-22(6-13-26)18-31-28-14-11-25(33)17-27(28)21(2)29(31)23-7-9-24(32)10-8-23/h5-14,17,20,32-33H,3-4,15-16,18-19H2,1-2H3/t20-/m0/s1. The van der Waals surface area contributed by atoms with E-state index in [-0.39, 0.29) is 11.5 Å². The largest absolute Gasteiger partial charge is 0.508 e. The molecule has 4 aromatic rings. The van der Waals surface area contributed by atoms with E-state index in [2.05, 4.69) is 47.6 Å². The quantitative estimate of drug-likeness (QED) is 0.361. The molecule has 176 valence electrons. The Hall–Kier alpha value is -3.44. The fourth-order valence-electron chi connectivity index (χ4n) is 5.04. The number of hydrogen-bond acceptors (Lipinski definition) is 4. The van der Waals surface area contributed by atoms with Gasteiger partial charge in [-0.3, -0.25) is 4.90 Å². The molecule has 5 rings (SSSR count). The Morgan fingerprint density at radius 3 is 2.26 bits per heavy atom. The second-order valence-electron chi connectivity index (χ2n) is 9.36. The van der Waals surface area contributed by atoms with Crippen molar-refractivity contribution >= 4 is 10.9 Å². The van der Waals surface area contributed by atoms with Crippen molar-refractivity contribution in [2.24, 2.45) is 0 Å². The van der Waals surface area contributed by atoms with Crippen LogP contribution in [0.4, 0.5) is 0 Å². The van der Waals surface area contributed by atoms with E-state index in [0.29, 0.717) is 19.2 Å². The van der Waals surface area contributed by atoms with E-state index in [9.17, 15) is 10.2 Å². The number of ether oxygens (including phenoxy) is 1. The summed E-state index contributed by atoms with van der Waals surface area (Å²) >= 11 is 0. The molecular weight excluding hydrogens is 424 g/mol. The van der Waals surface area contributed by atoms with Crippen LogP contribution in [0.25, 0.3) is 22.2 Å². The van der Waals surface area contributed by atoms with Crippen molar-refractivity contribution in [2.75, 3.05) is 19.7 Å². The summed E-state index contributed by atoms with van der Waals surface area (Å²) in [4.78, 5) is 2.50. The van der Waals surface area contributed by atoms with Crippen molar-refractivity contribution in [1.29, 1.82) is 0 Å². The zero-order valence-corrected chi connectivity index (χ0v) is 19.9. The molecule has 1 aliphatic heterocycles. The van der Waals surface area contributed by atoms with Crippen molar-refractivity contribution in [3.8, 4) is 28.5 Å². The SMILES string of the molecule is Cc1c(-c2ccc(O)cc2)n(Cc2ccc(OC[C@H](C)N3CCCC3)cc2)c2ccc(O)cc12. The van der Waals surface area contributed by atoms with Crippen LogP contribution in [0.2, 0.25) is 0 Å². The van der Waals surface area contributed by atoms with E-state index in [0.717, 1.165) is 33.5 Å². The van der Waals surface area contributed by atoms with Gasteiger partial charge < -0.3 is 19.5 Å². The van der Waals surface area contributed by atoms with Crippen LogP contribution in [0.5, 0.6) is 17.2 Å². The van der Waals surface area contributed by atoms with Gasteiger partial charge in [-0.05, 0) is 111 Å². The third kappa shape index (κ3) is 4.48. The van der Waals surface area contributed by atoms with Gasteiger partial charge in [0.05, 0.1) is 5.69 Å². The van der Waals surface area contributed by atoms with Crippen LogP contribution in [0.1, 0.15) is 30.9 Å². The molecule has 1 atom stereocenters. The highest BCUT2D eigenvalue weighted by Gasteiger charge is 2.19. The number of rotatable bonds is 7. The summed E-state index contributed by atoms with van der Waals surface area (Å²) in [6.07, 6.45) is 2.58. The number of aromatic nitrogens is 1. The Kier molecular flexibility index (Phi) is 6.20. The first-order valence-corrected chi connectivity index (χ1v) is 12.1. The molecular formula is C29H32N2O3. The first-order chi connectivity index (χ1) is 16.5. The van der Waals surface area contributed by atoms with Crippen LogP contribution < -0.4 is 4.74 Å². The van der Waals surface area contributed by atoms with Crippen LogP contribution >= 0.6 is 0 Å². The minimum atomic E-state index is 0.247. The van der Waals surface area contributed by atoms with Crippen LogP contribution in [-0.2, 0) is 6.54 Å². The van der Waals surface area contributed by atoms with Gasteiger partial charge in [-0.15, -0.1) is 0 Å². The number of hydrogen-bond donors (Lipinski definition) is 2. The summed E-state index contributed by atoms with van der Waals surface area (Å²) in [7, 11) is 0. The van der Waals surface area contributed by atoms with Gasteiger partial charge >= 0.3 is 0 Å². The van der Waals surface area contributed by atoms with Crippen molar-refractivity contribution in [3.05, 3.63) is 77.9 Å². The molecule has 34 heavy (non-hydrogen) atoms. The molecule has 1 aliphatic rings. The fraction of sp³-hybridized carbons (Fsp3) is 0.310. The highest BCUT2D eigenvalue weighted by Crippen LogP contribution is 2.36. The normalized spacial score (nSPS) is 15.1. The molecule has 0 spiro atoms. The Morgan fingerprint density at radius 1 is 0.882 bits per heavy atom. The van der Waals surface area contributed by atoms with Crippen molar-refractivity contribution in [2.45, 2.75) is 39.3 Å². The molecule has 2 heterocycles. The maximum atomic E-state index is 10.1. The molecule has 0 unspecified atom stereocenters. The number of benzene rings is 3. The lowest BCUT2D eigenvalue weighted by Gasteiger charge is -2.23. The average molecular weight is 457 g/mol. The van der Waals surface area contributed by atoms with E-state index in [1.54, 1.807) is 18.2 Å². The molecule has 0 amide bonds. The first-order valence-electron chi connectivity index (χ1n) is 12.1. The smallest absolute Gasteiger partial charge is 0.119 e. The van der Waals surface area contributed by atoms with E-state index >= 15 is 0 Å². The Bertz CT molecular complexity index is 1270. The van der Waals surface area contributed by atoms with Gasteiger partial charge in [-0.2, -0.15) is 0 Å². The minimum absolute atomic E-state index is 0.247. The van der Waals surface area contributed by atoms with Gasteiger partial charge in [-0.1, -0.05) is 12.1 Å². The number of phenolic OH excluding ortho intramolecular Hbond substituents is 2. The zero-order chi connectivity index (χ0) is 23.7. The predicted octanol–water partition coefficient (Wildman–Crippen LogP) is 5.94. The number of nitrogens with zero attached hydrogens (tertiary/aromatic N) is 2. The van der Waals surface area contributed by atoms with Crippen LogP contribution in [-0.4, -0.2) is 45.4 Å². The lowest BCUT2D eigenvalue weighted by molar-refractivity contribution is 0.172. The van der Waals surface area contributed by atoms with E-state index in [1.165, 1.54) is 31.5 Å². The third-order valence-electron chi connectivity index (χ3n) is 6.96. The Balaban J connectivity index is 1.40. The molecule has 1 aromatic heterocycles. The molecule has 1 saturated heterocycles. The molecule has 3 aromatic carbocycles. The van der Waals surface area contributed by atoms with Gasteiger partial charge in [0.25, 0.3) is 0 Å². The molecule has 0 bridgehead atoms. The topological polar surface area (TPSA) is 57.9 Å². The summed E-state index contributed by atoms with van der Waals surface area (Å²) in [5.41, 5.74) is 5.46. The molecule has 5 nitrogen and oxygen atoms in total. The van der Waals surface area contributed by atoms with Crippen LogP contribution in [0.3, 0.4) is 0 Å². The molecule has 1 fully saturated rings. The summed E-state index contributed by atoms with van der Waals surface area (Å²) in [6.45, 7) is 8.06. The highest BCUT2D eigenvalue weighted by molar-refractivity contribution is 5.92. The fourth-order valence-corrected chi connectivity index (χ4v) is 5.04. The van der Waals surface area contributed by atoms with Crippen LogP contribution in [0.15, 0.2) is 66.7 Å². The van der Waals surface area contributed by atoms with Gasteiger partial charge in [0.1, 0.15) is 23.9 Å². The number of likely N-dealkylation sites (tertiary alicyclic amines) is 1. The van der Waals surface area contributed by atoms with Crippen molar-refractivity contribution in [1.82, 2.24) is 9.47 Å². The number of phenols is 2. The average Bonchev–Trinajstić information content (AvgIpc) is 3.47. The molecule has 0 aliphatic carbocycles. The van der Waals surface area contributed by atoms with E-state index in [1.807, 2.05) is 24.3 Å². The minimum Gasteiger partial charge on any atom is -0.508 e. The Labute approximate surface area is 200 Å². The van der Waals surface area contributed by atoms with Gasteiger partial charge in [0.2, 0.25) is 0 Å². The number of aromatic hydroxyl groups is 2. The maximum Gasteiger partial charge on any atom is 0.119 e. The first kappa shape index (κ1) is 22.4. The van der Waals surface area contributed by atoms with E-state index < -0.39 is 0 Å². The molecule has 0 saturated carbocycles. The maximum absolute atomic E-state index is 10.1. The van der Waals surface area contributed by atoms with Crippen molar-refractivity contribution in [3.63, 3.8) is 0 Å². The summed E-state index contributed by atoms with van der Waals surface area (Å²) in [5.74, 6) is 1.40. The third-order valence-corrected chi connectivity index (χ3v) is 6.96. The lowest BCUT2D eigenvalue weighted by Crippen LogP contribution is -2.34. The van der Waals surface area contributed by atoms with Crippen molar-refractivity contribution < 1.29 is 14.9 Å². The number of aryl methyl sites for hydroxylation is 1. The predicted molar refractivity (Wildman–Crippen MR) is 137 cm³/mol. The van der Waals surface area contributed by atoms with Gasteiger partial charge in [0, 0.05) is 23.5 Å². The molecule has 5 heteroatoms. The number of fused-ring (bicyclic) bond motifs is 1. The monoisotopic (exact) mass is 456 g/mol. The summed E-state index contributed by atoms with van der Waals surface area (Å²) in [5, 5.41) is 20.9. The molecule has 0 radical (unpaired) electrons. The molecule has 2 N–H and O–H groups in total. The lowest BCUT2D eigenvalue weighted by atomic mass is 10.1. The Morgan fingerprint density at radius 2 is 1.56 bits per heavy atom. The summed E-state index contributed by atoms with van der Waals surface area (Å²) in [6, 6.07) is 21.6. The van der Waals surface area contributed by atoms with Crippen LogP contribution in [0, 0.1) is 6.92 Å². The van der Waals surface area contributed by atoms with Gasteiger partial charge in [-0.25, -0.2) is 0 Å². The van der Waals surface area contributed by atoms with Gasteiger partial charge in [0.15, 0.2) is 0 Å².